The summed E-state index contributed by atoms with van der Waals surface area (Å²) in [7, 11) is -4.34. The second kappa shape index (κ2) is 10.2. The van der Waals surface area contributed by atoms with Crippen LogP contribution in [0.5, 0.6) is 0 Å². The van der Waals surface area contributed by atoms with Crippen LogP contribution in [0.15, 0.2) is 73.9 Å². The number of anilines is 1. The zero-order valence-electron chi connectivity index (χ0n) is 17.7. The molecular weight excluding hydrogens is 608 g/mol. The Morgan fingerprint density at radius 2 is 1.82 bits per heavy atom. The molecule has 0 aliphatic heterocycles. The minimum atomic E-state index is -4.34. The van der Waals surface area contributed by atoms with Crippen molar-refractivity contribution in [1.29, 1.82) is 0 Å². The third-order valence-corrected chi connectivity index (χ3v) is 8.00. The summed E-state index contributed by atoms with van der Waals surface area (Å²) >= 11 is 7.90. The first-order valence-electron chi connectivity index (χ1n) is 10.0. The standard InChI is InChI=1S/C22H18Br2N4O4S2/c1-2-13-7-10-19(16-6-4-3-5-15(13)16)28-21(24)26-27-22(28)33-12-20(29)25-18-9-8-14(11-17(18)23)34(30,31)32/h3-11H,2,12H2,1H3,(H,25,29)(H,30,31,32). The fourth-order valence-corrected chi connectivity index (χ4v) is 5.91. The Balaban J connectivity index is 1.56. The number of hydrogen-bond donors (Lipinski definition) is 2. The quantitative estimate of drug-likeness (QED) is 0.206. The molecule has 0 radical (unpaired) electrons. The van der Waals surface area contributed by atoms with E-state index in [4.69, 9.17) is 4.55 Å². The highest BCUT2D eigenvalue weighted by Crippen LogP contribution is 2.32. The number of halogens is 2. The average Bonchev–Trinajstić information content (AvgIpc) is 3.17. The lowest BCUT2D eigenvalue weighted by Crippen LogP contribution is -2.15. The smallest absolute Gasteiger partial charge is 0.294 e. The molecule has 0 saturated carbocycles. The Bertz CT molecular complexity index is 1510. The zero-order chi connectivity index (χ0) is 24.5. The van der Waals surface area contributed by atoms with E-state index in [1.807, 2.05) is 28.8 Å². The summed E-state index contributed by atoms with van der Waals surface area (Å²) in [5.41, 5.74) is 2.51. The zero-order valence-corrected chi connectivity index (χ0v) is 22.5. The largest absolute Gasteiger partial charge is 0.324 e. The number of aromatic nitrogens is 3. The summed E-state index contributed by atoms with van der Waals surface area (Å²) in [5, 5.41) is 13.8. The van der Waals surface area contributed by atoms with Gasteiger partial charge in [0.2, 0.25) is 10.6 Å². The molecule has 0 spiro atoms. The molecule has 1 heterocycles. The van der Waals surface area contributed by atoms with Crippen molar-refractivity contribution in [3.8, 4) is 5.69 Å². The number of amides is 1. The van der Waals surface area contributed by atoms with Crippen molar-refractivity contribution >= 4 is 76.1 Å². The number of hydrogen-bond acceptors (Lipinski definition) is 6. The highest BCUT2D eigenvalue weighted by Gasteiger charge is 2.18. The Morgan fingerprint density at radius 1 is 1.09 bits per heavy atom. The van der Waals surface area contributed by atoms with Crippen LogP contribution in [-0.4, -0.2) is 39.4 Å². The summed E-state index contributed by atoms with van der Waals surface area (Å²) in [4.78, 5) is 12.3. The third-order valence-electron chi connectivity index (χ3n) is 5.05. The van der Waals surface area contributed by atoms with Crippen LogP contribution in [-0.2, 0) is 21.3 Å². The van der Waals surface area contributed by atoms with E-state index in [9.17, 15) is 13.2 Å². The summed E-state index contributed by atoms with van der Waals surface area (Å²) in [6, 6.07) is 16.1. The number of nitrogens with zero attached hydrogens (tertiary/aromatic N) is 3. The number of rotatable bonds is 7. The van der Waals surface area contributed by atoms with Crippen LogP contribution in [0.1, 0.15) is 12.5 Å². The number of fused-ring (bicyclic) bond motifs is 1. The van der Waals surface area contributed by atoms with Gasteiger partial charge in [0.1, 0.15) is 0 Å². The Hall–Kier alpha value is -2.25. The van der Waals surface area contributed by atoms with Crippen molar-refractivity contribution in [2.24, 2.45) is 0 Å². The second-order valence-corrected chi connectivity index (χ2v) is 11.1. The van der Waals surface area contributed by atoms with E-state index in [0.717, 1.165) is 22.9 Å². The van der Waals surface area contributed by atoms with Gasteiger partial charge in [0, 0.05) is 9.86 Å². The van der Waals surface area contributed by atoms with Gasteiger partial charge in [-0.05, 0) is 73.5 Å². The molecule has 8 nitrogen and oxygen atoms in total. The average molecular weight is 626 g/mol. The number of benzene rings is 3. The van der Waals surface area contributed by atoms with E-state index in [1.165, 1.54) is 35.5 Å². The van der Waals surface area contributed by atoms with Crippen molar-refractivity contribution in [3.05, 3.63) is 69.4 Å². The Labute approximate surface area is 217 Å². The van der Waals surface area contributed by atoms with Gasteiger partial charge in [0.25, 0.3) is 10.1 Å². The second-order valence-electron chi connectivity index (χ2n) is 7.18. The first kappa shape index (κ1) is 24.9. The molecule has 1 aromatic heterocycles. The number of carbonyl (C=O) groups is 1. The van der Waals surface area contributed by atoms with E-state index in [0.29, 0.717) is 20.1 Å². The van der Waals surface area contributed by atoms with E-state index in [1.54, 1.807) is 0 Å². The topological polar surface area (TPSA) is 114 Å². The molecule has 4 aromatic rings. The first-order chi connectivity index (χ1) is 16.2. The van der Waals surface area contributed by atoms with E-state index in [-0.39, 0.29) is 16.6 Å². The highest BCUT2D eigenvalue weighted by molar-refractivity contribution is 9.10. The summed E-state index contributed by atoms with van der Waals surface area (Å²) in [5.74, 6) is -0.273. The highest BCUT2D eigenvalue weighted by atomic mass is 79.9. The van der Waals surface area contributed by atoms with Crippen LogP contribution < -0.4 is 5.32 Å². The molecule has 12 heteroatoms. The molecular formula is C22H18Br2N4O4S2. The van der Waals surface area contributed by atoms with E-state index < -0.39 is 10.1 Å². The number of aryl methyl sites for hydroxylation is 1. The van der Waals surface area contributed by atoms with Crippen LogP contribution in [0.2, 0.25) is 0 Å². The molecule has 2 N–H and O–H groups in total. The first-order valence-corrected chi connectivity index (χ1v) is 14.0. The van der Waals surface area contributed by atoms with Gasteiger partial charge in [0.05, 0.1) is 22.0 Å². The molecule has 0 saturated heterocycles. The summed E-state index contributed by atoms with van der Waals surface area (Å²) in [6.07, 6.45) is 0.909. The van der Waals surface area contributed by atoms with Crippen LogP contribution in [0, 0.1) is 0 Å². The molecule has 0 aliphatic carbocycles. The predicted molar refractivity (Wildman–Crippen MR) is 139 cm³/mol. The van der Waals surface area contributed by atoms with Gasteiger partial charge in [-0.25, -0.2) is 0 Å². The minimum absolute atomic E-state index is 0.0442. The van der Waals surface area contributed by atoms with E-state index >= 15 is 0 Å². The molecule has 34 heavy (non-hydrogen) atoms. The van der Waals surface area contributed by atoms with Crippen molar-refractivity contribution in [3.63, 3.8) is 0 Å². The van der Waals surface area contributed by atoms with Gasteiger partial charge >= 0.3 is 0 Å². The van der Waals surface area contributed by atoms with Gasteiger partial charge in [-0.2, -0.15) is 8.42 Å². The molecule has 1 amide bonds. The van der Waals surface area contributed by atoms with Gasteiger partial charge in [-0.1, -0.05) is 49.0 Å². The van der Waals surface area contributed by atoms with Gasteiger partial charge in [0.15, 0.2) is 5.16 Å². The number of thioether (sulfide) groups is 1. The molecule has 0 fully saturated rings. The minimum Gasteiger partial charge on any atom is -0.324 e. The van der Waals surface area contributed by atoms with E-state index in [2.05, 4.69) is 66.4 Å². The summed E-state index contributed by atoms with van der Waals surface area (Å²) < 4.78 is 34.4. The Kier molecular flexibility index (Phi) is 7.43. The van der Waals surface area contributed by atoms with Crippen LogP contribution in [0.4, 0.5) is 5.69 Å². The maximum atomic E-state index is 12.6. The molecule has 4 rings (SSSR count). The Morgan fingerprint density at radius 3 is 2.50 bits per heavy atom. The van der Waals surface area contributed by atoms with Crippen LogP contribution >= 0.6 is 43.6 Å². The molecule has 0 atom stereocenters. The van der Waals surface area contributed by atoms with Gasteiger partial charge in [-0.3, -0.25) is 13.9 Å². The van der Waals surface area contributed by atoms with Gasteiger partial charge in [-0.15, -0.1) is 10.2 Å². The lowest BCUT2D eigenvalue weighted by molar-refractivity contribution is -0.113. The lowest BCUT2D eigenvalue weighted by Gasteiger charge is -2.13. The van der Waals surface area contributed by atoms with Crippen LogP contribution in [0.25, 0.3) is 16.5 Å². The molecule has 3 aromatic carbocycles. The summed E-state index contributed by atoms with van der Waals surface area (Å²) in [6.45, 7) is 2.12. The van der Waals surface area contributed by atoms with Crippen LogP contribution in [0.3, 0.4) is 0 Å². The predicted octanol–water partition coefficient (Wildman–Crippen LogP) is 5.49. The maximum absolute atomic E-state index is 12.6. The number of nitrogens with one attached hydrogen (secondary N) is 1. The van der Waals surface area contributed by atoms with Crippen molar-refractivity contribution < 1.29 is 17.8 Å². The molecule has 0 bridgehead atoms. The fraction of sp³-hybridized carbons (Fsp3) is 0.136. The normalized spacial score (nSPS) is 11.6. The SMILES string of the molecule is CCc1ccc(-n2c(Br)nnc2SCC(=O)Nc2ccc(S(=O)(=O)O)cc2Br)c2ccccc12. The number of carbonyl (C=O) groups excluding carboxylic acids is 1. The molecule has 0 unspecified atom stereocenters. The maximum Gasteiger partial charge on any atom is 0.294 e. The van der Waals surface area contributed by atoms with Crippen molar-refractivity contribution in [1.82, 2.24) is 14.8 Å². The monoisotopic (exact) mass is 624 g/mol. The molecule has 176 valence electrons. The van der Waals surface area contributed by atoms with Crippen molar-refractivity contribution in [2.75, 3.05) is 11.1 Å². The third kappa shape index (κ3) is 5.20. The lowest BCUT2D eigenvalue weighted by atomic mass is 10.0. The van der Waals surface area contributed by atoms with Gasteiger partial charge < -0.3 is 5.32 Å². The van der Waals surface area contributed by atoms with Crippen molar-refractivity contribution in [2.45, 2.75) is 23.4 Å². The fourth-order valence-electron chi connectivity index (χ4n) is 3.47. The molecule has 0 aliphatic rings.